The molecule has 1 N–H and O–H groups in total. The van der Waals surface area contributed by atoms with E-state index >= 15 is 0 Å². The zero-order valence-corrected chi connectivity index (χ0v) is 10.8. The molecule has 0 spiro atoms. The molecule has 4 nitrogen and oxygen atoms in total. The Kier molecular flexibility index (Phi) is 3.72. The fourth-order valence-electron chi connectivity index (χ4n) is 1.60. The van der Waals surface area contributed by atoms with E-state index in [2.05, 4.69) is 29.5 Å². The van der Waals surface area contributed by atoms with Gasteiger partial charge in [-0.1, -0.05) is 25.1 Å². The van der Waals surface area contributed by atoms with Gasteiger partial charge in [-0.2, -0.15) is 0 Å². The molecular weight excluding hydrogens is 231 g/mol. The number of hydrogen-bond acceptors (Lipinski definition) is 3. The highest BCUT2D eigenvalue weighted by Crippen LogP contribution is 2.14. The molecule has 0 unspecified atom stereocenters. The van der Waals surface area contributed by atoms with Crippen LogP contribution in [0.2, 0.25) is 0 Å². The van der Waals surface area contributed by atoms with Gasteiger partial charge in [-0.25, -0.2) is 9.07 Å². The topological polar surface area (TPSA) is 42.7 Å². The summed E-state index contributed by atoms with van der Waals surface area (Å²) in [5, 5.41) is 11.2. The van der Waals surface area contributed by atoms with Crippen molar-refractivity contribution < 1.29 is 4.39 Å². The van der Waals surface area contributed by atoms with Crippen molar-refractivity contribution in [3.05, 3.63) is 41.5 Å². The van der Waals surface area contributed by atoms with Crippen LogP contribution in [0.3, 0.4) is 0 Å². The van der Waals surface area contributed by atoms with E-state index in [0.29, 0.717) is 18.3 Å². The first-order chi connectivity index (χ1) is 8.56. The summed E-state index contributed by atoms with van der Waals surface area (Å²) < 4.78 is 15.1. The third-order valence-corrected chi connectivity index (χ3v) is 2.58. The molecule has 0 aliphatic carbocycles. The first kappa shape index (κ1) is 12.7. The summed E-state index contributed by atoms with van der Waals surface area (Å²) in [6.07, 6.45) is 1.74. The lowest BCUT2D eigenvalue weighted by atomic mass is 10.2. The van der Waals surface area contributed by atoms with Gasteiger partial charge < -0.3 is 5.32 Å². The summed E-state index contributed by atoms with van der Waals surface area (Å²) in [7, 11) is 0. The van der Waals surface area contributed by atoms with Gasteiger partial charge in [0.25, 0.3) is 0 Å². The molecule has 1 aromatic carbocycles. The molecule has 0 aliphatic rings. The predicted molar refractivity (Wildman–Crippen MR) is 68.0 cm³/mol. The Morgan fingerprint density at radius 1 is 1.39 bits per heavy atom. The van der Waals surface area contributed by atoms with Crippen molar-refractivity contribution in [3.8, 4) is 5.69 Å². The minimum Gasteiger partial charge on any atom is -0.309 e. The van der Waals surface area contributed by atoms with Crippen LogP contribution in [0.25, 0.3) is 5.69 Å². The van der Waals surface area contributed by atoms with Crippen LogP contribution in [0.1, 0.15) is 25.1 Å². The molecule has 18 heavy (non-hydrogen) atoms. The van der Waals surface area contributed by atoms with E-state index in [1.54, 1.807) is 18.3 Å². The minimum atomic E-state index is -0.297. The molecule has 0 amide bonds. The quantitative estimate of drug-likeness (QED) is 0.902. The smallest absolute Gasteiger partial charge is 0.148 e. The summed E-state index contributed by atoms with van der Waals surface area (Å²) in [6, 6.07) is 5.31. The lowest BCUT2D eigenvalue weighted by Gasteiger charge is -2.04. The monoisotopic (exact) mass is 248 g/mol. The maximum absolute atomic E-state index is 13.7. The van der Waals surface area contributed by atoms with E-state index in [1.807, 2.05) is 6.92 Å². The summed E-state index contributed by atoms with van der Waals surface area (Å²) in [4.78, 5) is 0. The average Bonchev–Trinajstić information content (AvgIpc) is 2.78. The number of halogens is 1. The van der Waals surface area contributed by atoms with E-state index in [-0.39, 0.29) is 5.82 Å². The van der Waals surface area contributed by atoms with Gasteiger partial charge >= 0.3 is 0 Å². The summed E-state index contributed by atoms with van der Waals surface area (Å²) in [5.41, 5.74) is 2.21. The first-order valence-electron chi connectivity index (χ1n) is 5.97. The fourth-order valence-corrected chi connectivity index (χ4v) is 1.60. The van der Waals surface area contributed by atoms with Crippen molar-refractivity contribution in [2.24, 2.45) is 0 Å². The number of hydrogen-bond donors (Lipinski definition) is 1. The third-order valence-electron chi connectivity index (χ3n) is 2.58. The second kappa shape index (κ2) is 5.27. The van der Waals surface area contributed by atoms with Gasteiger partial charge in [0.05, 0.1) is 11.9 Å². The molecule has 1 heterocycles. The molecule has 0 saturated carbocycles. The Morgan fingerprint density at radius 3 is 2.89 bits per heavy atom. The minimum absolute atomic E-state index is 0.297. The highest BCUT2D eigenvalue weighted by molar-refractivity contribution is 5.36. The van der Waals surface area contributed by atoms with Crippen LogP contribution in [-0.2, 0) is 6.54 Å². The molecule has 0 radical (unpaired) electrons. The molecule has 0 aliphatic heterocycles. The van der Waals surface area contributed by atoms with Crippen molar-refractivity contribution in [2.45, 2.75) is 33.4 Å². The van der Waals surface area contributed by atoms with Crippen LogP contribution >= 0.6 is 0 Å². The van der Waals surface area contributed by atoms with E-state index in [4.69, 9.17) is 0 Å². The molecule has 0 fully saturated rings. The molecule has 2 rings (SSSR count). The van der Waals surface area contributed by atoms with E-state index in [1.165, 1.54) is 10.7 Å². The molecule has 0 saturated heterocycles. The molecule has 96 valence electrons. The first-order valence-corrected chi connectivity index (χ1v) is 5.97. The lowest BCUT2D eigenvalue weighted by Crippen LogP contribution is -2.21. The van der Waals surface area contributed by atoms with Gasteiger partial charge in [0.1, 0.15) is 11.5 Å². The van der Waals surface area contributed by atoms with Gasteiger partial charge in [0.15, 0.2) is 0 Å². The molecule has 5 heteroatoms. The Balaban J connectivity index is 2.21. The number of rotatable bonds is 4. The lowest BCUT2D eigenvalue weighted by molar-refractivity contribution is 0.580. The van der Waals surface area contributed by atoms with Crippen LogP contribution in [0.4, 0.5) is 4.39 Å². The van der Waals surface area contributed by atoms with Crippen LogP contribution < -0.4 is 5.32 Å². The molecule has 0 atom stereocenters. The van der Waals surface area contributed by atoms with Crippen molar-refractivity contribution in [1.82, 2.24) is 20.3 Å². The largest absolute Gasteiger partial charge is 0.309 e. The Hall–Kier alpha value is -1.75. The standard InChI is InChI=1S/C13H17FN4/c1-9(2)15-7-11-8-18(17-16-11)13-6-10(3)4-5-12(13)14/h4-6,8-9,15H,7H2,1-3H3. The van der Waals surface area contributed by atoms with Crippen LogP contribution in [0, 0.1) is 12.7 Å². The number of aromatic nitrogens is 3. The van der Waals surface area contributed by atoms with Crippen LogP contribution in [0.5, 0.6) is 0 Å². The second-order valence-electron chi connectivity index (χ2n) is 4.64. The van der Waals surface area contributed by atoms with Crippen molar-refractivity contribution >= 4 is 0 Å². The van der Waals surface area contributed by atoms with Gasteiger partial charge in [-0.3, -0.25) is 0 Å². The number of aryl methyl sites for hydroxylation is 1. The van der Waals surface area contributed by atoms with E-state index < -0.39 is 0 Å². The fraction of sp³-hybridized carbons (Fsp3) is 0.385. The van der Waals surface area contributed by atoms with Gasteiger partial charge in [-0.05, 0) is 24.6 Å². The van der Waals surface area contributed by atoms with Crippen molar-refractivity contribution in [2.75, 3.05) is 0 Å². The maximum atomic E-state index is 13.7. The number of nitrogens with zero attached hydrogens (tertiary/aromatic N) is 3. The van der Waals surface area contributed by atoms with Crippen LogP contribution in [0.15, 0.2) is 24.4 Å². The SMILES string of the molecule is Cc1ccc(F)c(-n2cc(CNC(C)C)nn2)c1. The average molecular weight is 248 g/mol. The van der Waals surface area contributed by atoms with Crippen molar-refractivity contribution in [1.29, 1.82) is 0 Å². The molecule has 1 aromatic heterocycles. The summed E-state index contributed by atoms with van der Waals surface area (Å²) in [5.74, 6) is -0.297. The van der Waals surface area contributed by atoms with Gasteiger partial charge in [-0.15, -0.1) is 5.10 Å². The third kappa shape index (κ3) is 2.92. The highest BCUT2D eigenvalue weighted by Gasteiger charge is 2.08. The van der Waals surface area contributed by atoms with Gasteiger partial charge in [0.2, 0.25) is 0 Å². The van der Waals surface area contributed by atoms with E-state index in [0.717, 1.165) is 11.3 Å². The predicted octanol–water partition coefficient (Wildman–Crippen LogP) is 2.21. The number of nitrogens with one attached hydrogen (secondary N) is 1. The Morgan fingerprint density at radius 2 is 2.17 bits per heavy atom. The molecular formula is C13H17FN4. The Labute approximate surface area is 106 Å². The zero-order chi connectivity index (χ0) is 13.1. The second-order valence-corrected chi connectivity index (χ2v) is 4.64. The normalized spacial score (nSPS) is 11.2. The van der Waals surface area contributed by atoms with E-state index in [9.17, 15) is 4.39 Å². The maximum Gasteiger partial charge on any atom is 0.148 e. The van der Waals surface area contributed by atoms with Crippen molar-refractivity contribution in [3.63, 3.8) is 0 Å². The van der Waals surface area contributed by atoms with Crippen LogP contribution in [-0.4, -0.2) is 21.0 Å². The molecule has 0 bridgehead atoms. The molecule has 2 aromatic rings. The van der Waals surface area contributed by atoms with Gasteiger partial charge in [0, 0.05) is 12.6 Å². The summed E-state index contributed by atoms with van der Waals surface area (Å²) in [6.45, 7) is 6.67. The zero-order valence-electron chi connectivity index (χ0n) is 10.8. The highest BCUT2D eigenvalue weighted by atomic mass is 19.1. The summed E-state index contributed by atoms with van der Waals surface area (Å²) >= 11 is 0. The number of benzene rings is 1. The Bertz CT molecular complexity index is 534.